The van der Waals surface area contributed by atoms with Gasteiger partial charge in [-0.25, -0.2) is 0 Å². The Morgan fingerprint density at radius 2 is 1.10 bits per heavy atom. The van der Waals surface area contributed by atoms with E-state index < -0.39 is 0 Å². The average molecular weight is 616 g/mol. The number of furan rings is 1. The van der Waals surface area contributed by atoms with Crippen LogP contribution in [-0.4, -0.2) is 6.04 Å². The number of allylic oxidation sites excluding steroid dienone is 2. The maximum absolute atomic E-state index is 6.53. The Balaban J connectivity index is 1.27. The third kappa shape index (κ3) is 4.90. The maximum atomic E-state index is 6.53. The van der Waals surface area contributed by atoms with Gasteiger partial charge in [-0.2, -0.15) is 0 Å². The van der Waals surface area contributed by atoms with Crippen molar-refractivity contribution in [1.29, 1.82) is 0 Å². The molecule has 1 unspecified atom stereocenters. The van der Waals surface area contributed by atoms with Crippen LogP contribution in [0.3, 0.4) is 0 Å². The molecule has 2 nitrogen and oxygen atoms in total. The summed E-state index contributed by atoms with van der Waals surface area (Å²) in [7, 11) is 0. The lowest BCUT2D eigenvalue weighted by atomic mass is 9.90. The van der Waals surface area contributed by atoms with Crippen LogP contribution in [-0.2, 0) is 0 Å². The lowest BCUT2D eigenvalue weighted by Gasteiger charge is -2.37. The van der Waals surface area contributed by atoms with Crippen LogP contribution in [0.2, 0.25) is 0 Å². The molecule has 0 N–H and O–H groups in total. The zero-order valence-electron chi connectivity index (χ0n) is 26.5. The second kappa shape index (κ2) is 11.9. The number of benzene rings is 7. The second-order valence-corrected chi connectivity index (χ2v) is 12.5. The third-order valence-electron chi connectivity index (χ3n) is 9.60. The van der Waals surface area contributed by atoms with Crippen molar-refractivity contribution in [3.8, 4) is 22.3 Å². The topological polar surface area (TPSA) is 16.4 Å². The number of hydrogen-bond donors (Lipinski definition) is 0. The average Bonchev–Trinajstić information content (AvgIpc) is 3.53. The summed E-state index contributed by atoms with van der Waals surface area (Å²) in [5, 5.41) is 4.67. The molecule has 2 heteroatoms. The van der Waals surface area contributed by atoms with Crippen molar-refractivity contribution in [3.05, 3.63) is 188 Å². The highest BCUT2D eigenvalue weighted by atomic mass is 16.3. The molecule has 0 aliphatic heterocycles. The minimum absolute atomic E-state index is 0.0838. The molecule has 1 heterocycles. The molecule has 8 aromatic rings. The Hall–Kier alpha value is -6.12. The maximum Gasteiger partial charge on any atom is 0.136 e. The molecule has 1 aliphatic rings. The molecule has 0 bridgehead atoms. The van der Waals surface area contributed by atoms with Crippen LogP contribution < -0.4 is 4.90 Å². The fourth-order valence-electron chi connectivity index (χ4n) is 7.39. The highest BCUT2D eigenvalue weighted by molar-refractivity contribution is 6.16. The van der Waals surface area contributed by atoms with Gasteiger partial charge in [-0.05, 0) is 69.8 Å². The largest absolute Gasteiger partial charge is 0.456 e. The lowest BCUT2D eigenvalue weighted by molar-refractivity contribution is 0.669. The summed E-state index contributed by atoms with van der Waals surface area (Å²) in [6.07, 6.45) is 7.72. The summed E-state index contributed by atoms with van der Waals surface area (Å²) in [5.41, 5.74) is 11.5. The van der Waals surface area contributed by atoms with Crippen LogP contribution in [0.1, 0.15) is 12.0 Å². The van der Waals surface area contributed by atoms with Gasteiger partial charge in [0.25, 0.3) is 0 Å². The zero-order chi connectivity index (χ0) is 31.9. The third-order valence-corrected chi connectivity index (χ3v) is 9.60. The Morgan fingerprint density at radius 1 is 0.500 bits per heavy atom. The van der Waals surface area contributed by atoms with E-state index in [9.17, 15) is 0 Å². The fourth-order valence-corrected chi connectivity index (χ4v) is 7.39. The van der Waals surface area contributed by atoms with E-state index >= 15 is 0 Å². The molecule has 228 valence electrons. The van der Waals surface area contributed by atoms with Crippen molar-refractivity contribution in [3.63, 3.8) is 0 Å². The normalized spacial score (nSPS) is 14.4. The van der Waals surface area contributed by atoms with Gasteiger partial charge < -0.3 is 9.32 Å². The van der Waals surface area contributed by atoms with Crippen molar-refractivity contribution < 1.29 is 4.42 Å². The molecule has 48 heavy (non-hydrogen) atoms. The van der Waals surface area contributed by atoms with Gasteiger partial charge in [0.15, 0.2) is 0 Å². The minimum atomic E-state index is 0.0838. The van der Waals surface area contributed by atoms with Crippen molar-refractivity contribution in [2.75, 3.05) is 4.90 Å². The molecule has 0 spiro atoms. The van der Waals surface area contributed by atoms with Crippen LogP contribution in [0.15, 0.2) is 186 Å². The predicted octanol–water partition coefficient (Wildman–Crippen LogP) is 12.6. The van der Waals surface area contributed by atoms with Crippen LogP contribution in [0.25, 0.3) is 60.5 Å². The molecule has 0 radical (unpaired) electrons. The number of rotatable bonds is 6. The number of nitrogens with zero attached hydrogens (tertiary/aromatic N) is 1. The van der Waals surface area contributed by atoms with Crippen molar-refractivity contribution in [2.24, 2.45) is 0 Å². The van der Waals surface area contributed by atoms with E-state index in [2.05, 4.69) is 187 Å². The van der Waals surface area contributed by atoms with E-state index in [1.54, 1.807) is 0 Å². The van der Waals surface area contributed by atoms with Crippen LogP contribution in [0, 0.1) is 0 Å². The summed E-state index contributed by atoms with van der Waals surface area (Å²) < 4.78 is 6.53. The molecule has 7 aromatic carbocycles. The van der Waals surface area contributed by atoms with E-state index in [1.807, 2.05) is 0 Å². The molecule has 0 amide bonds. The molecular formula is C46H33NO. The zero-order valence-corrected chi connectivity index (χ0v) is 26.5. The molecule has 0 saturated carbocycles. The fraction of sp³-hybridized carbons (Fsp3) is 0.0435. The Labute approximate surface area is 280 Å². The Morgan fingerprint density at radius 3 is 1.88 bits per heavy atom. The highest BCUT2D eigenvalue weighted by Crippen LogP contribution is 2.46. The molecule has 9 rings (SSSR count). The van der Waals surface area contributed by atoms with E-state index in [1.165, 1.54) is 44.3 Å². The highest BCUT2D eigenvalue weighted by Gasteiger charge is 2.27. The van der Waals surface area contributed by atoms with Crippen LogP contribution in [0.4, 0.5) is 11.4 Å². The first-order valence-corrected chi connectivity index (χ1v) is 16.6. The minimum Gasteiger partial charge on any atom is -0.456 e. The molecule has 0 fully saturated rings. The first-order chi connectivity index (χ1) is 23.8. The first-order valence-electron chi connectivity index (χ1n) is 16.6. The Kier molecular flexibility index (Phi) is 6.98. The van der Waals surface area contributed by atoms with E-state index in [-0.39, 0.29) is 6.04 Å². The van der Waals surface area contributed by atoms with Gasteiger partial charge in [-0.1, -0.05) is 152 Å². The number of para-hydroxylation sites is 2. The van der Waals surface area contributed by atoms with Gasteiger partial charge in [0.05, 0.1) is 6.04 Å². The quantitative estimate of drug-likeness (QED) is 0.185. The second-order valence-electron chi connectivity index (χ2n) is 12.5. The van der Waals surface area contributed by atoms with Crippen LogP contribution >= 0.6 is 0 Å². The number of hydrogen-bond acceptors (Lipinski definition) is 2. The van der Waals surface area contributed by atoms with Crippen LogP contribution in [0.5, 0.6) is 0 Å². The molecular weight excluding hydrogens is 583 g/mol. The number of fused-ring (bicyclic) bond motifs is 4. The van der Waals surface area contributed by atoms with Gasteiger partial charge >= 0.3 is 0 Å². The van der Waals surface area contributed by atoms with Gasteiger partial charge in [-0.3, -0.25) is 0 Å². The standard InChI is InChI=1S/C46H33NO/c1-3-15-32(16-4-1)34-21-13-22-37(29-34)47(42-26-11-9-23-38(42)33-17-5-2-6-18-33)43-27-12-10-24-39(43)40-25-14-28-44-46(40)41-30-35-19-7-8-20-36(35)31-45(41)48-44/h1-28,30-31,37H,29H2. The van der Waals surface area contributed by atoms with Gasteiger partial charge in [0.1, 0.15) is 11.2 Å². The van der Waals surface area contributed by atoms with Gasteiger partial charge in [0, 0.05) is 33.3 Å². The smallest absolute Gasteiger partial charge is 0.136 e. The van der Waals surface area contributed by atoms with Gasteiger partial charge in [-0.15, -0.1) is 0 Å². The van der Waals surface area contributed by atoms with Crippen molar-refractivity contribution in [1.82, 2.24) is 0 Å². The molecule has 1 aliphatic carbocycles. The SMILES string of the molecule is C1=CC(N(c2ccccc2-c2ccccc2)c2ccccc2-c2cccc3oc4cc5ccccc5cc4c23)CC(c2ccccc2)=C1. The molecule has 1 atom stereocenters. The summed E-state index contributed by atoms with van der Waals surface area (Å²) >= 11 is 0. The lowest BCUT2D eigenvalue weighted by Crippen LogP contribution is -2.31. The first kappa shape index (κ1) is 28.1. The Bertz CT molecular complexity index is 2490. The monoisotopic (exact) mass is 615 g/mol. The summed E-state index contributed by atoms with van der Waals surface area (Å²) in [5.74, 6) is 0. The number of anilines is 2. The van der Waals surface area contributed by atoms with Gasteiger partial charge in [0.2, 0.25) is 0 Å². The summed E-state index contributed by atoms with van der Waals surface area (Å²) in [6, 6.07) is 58.7. The van der Waals surface area contributed by atoms with Crippen molar-refractivity contribution in [2.45, 2.75) is 12.5 Å². The summed E-state index contributed by atoms with van der Waals surface area (Å²) in [4.78, 5) is 2.56. The van der Waals surface area contributed by atoms with E-state index in [0.29, 0.717) is 0 Å². The molecule has 1 aromatic heterocycles. The summed E-state index contributed by atoms with van der Waals surface area (Å²) in [6.45, 7) is 0. The van der Waals surface area contributed by atoms with E-state index in [0.717, 1.165) is 39.6 Å². The van der Waals surface area contributed by atoms with Crippen molar-refractivity contribution >= 4 is 49.7 Å². The van der Waals surface area contributed by atoms with E-state index in [4.69, 9.17) is 4.42 Å². The molecule has 0 saturated heterocycles. The predicted molar refractivity (Wildman–Crippen MR) is 203 cm³/mol.